The average molecular weight is 357 g/mol. The largest absolute Gasteiger partial charge is 0.452 e. The molecular weight excluding hydrogens is 338 g/mol. The fraction of sp³-hybridized carbons (Fsp3) is 0.222. The van der Waals surface area contributed by atoms with Crippen LogP contribution in [0.2, 0.25) is 0 Å². The first-order valence-electron chi connectivity index (χ1n) is 7.88. The number of rotatable bonds is 6. The van der Waals surface area contributed by atoms with Crippen LogP contribution in [0.3, 0.4) is 0 Å². The van der Waals surface area contributed by atoms with Crippen molar-refractivity contribution in [3.8, 4) is 0 Å². The second-order valence-electron chi connectivity index (χ2n) is 5.93. The summed E-state index contributed by atoms with van der Waals surface area (Å²) < 4.78 is 4.89. The molecule has 0 aromatic heterocycles. The number of ether oxygens (including phenoxy) is 1. The lowest BCUT2D eigenvalue weighted by Crippen LogP contribution is -2.21. The number of anilines is 2. The van der Waals surface area contributed by atoms with Gasteiger partial charge in [-0.3, -0.25) is 14.9 Å². The summed E-state index contributed by atoms with van der Waals surface area (Å²) in [4.78, 5) is 34.0. The molecule has 0 unspecified atom stereocenters. The van der Waals surface area contributed by atoms with E-state index in [1.807, 2.05) is 12.1 Å². The van der Waals surface area contributed by atoms with Gasteiger partial charge in [-0.05, 0) is 29.7 Å². The van der Waals surface area contributed by atoms with E-state index in [0.717, 1.165) is 11.6 Å². The summed E-state index contributed by atoms with van der Waals surface area (Å²) in [5.74, 6) is -1.06. The van der Waals surface area contributed by atoms with E-state index >= 15 is 0 Å². The average Bonchev–Trinajstić information content (AvgIpc) is 2.60. The van der Waals surface area contributed by atoms with E-state index in [1.54, 1.807) is 12.1 Å². The van der Waals surface area contributed by atoms with Crippen LogP contribution in [0, 0.1) is 10.1 Å². The van der Waals surface area contributed by atoms with Crippen LogP contribution in [-0.4, -0.2) is 23.4 Å². The maximum absolute atomic E-state index is 12.0. The number of non-ortho nitro benzene ring substituents is 1. The van der Waals surface area contributed by atoms with Gasteiger partial charge in [0.05, 0.1) is 10.5 Å². The molecule has 0 radical (unpaired) electrons. The van der Waals surface area contributed by atoms with Gasteiger partial charge in [0.15, 0.2) is 6.61 Å². The van der Waals surface area contributed by atoms with Crippen LogP contribution in [0.4, 0.5) is 17.1 Å². The van der Waals surface area contributed by atoms with Crippen LogP contribution in [-0.2, 0) is 9.53 Å². The van der Waals surface area contributed by atoms with E-state index in [1.165, 1.54) is 12.1 Å². The highest BCUT2D eigenvalue weighted by Crippen LogP contribution is 2.20. The minimum Gasteiger partial charge on any atom is -0.452 e. The number of carbonyl (C=O) groups excluding carboxylic acids is 2. The zero-order valence-corrected chi connectivity index (χ0v) is 14.4. The van der Waals surface area contributed by atoms with E-state index in [4.69, 9.17) is 10.5 Å². The van der Waals surface area contributed by atoms with Gasteiger partial charge in [0.1, 0.15) is 0 Å². The van der Waals surface area contributed by atoms with Gasteiger partial charge in [-0.2, -0.15) is 0 Å². The third kappa shape index (κ3) is 4.79. The standard InChI is InChI=1S/C18H19N3O5/c1-11(2)12-3-5-13(6-4-12)20-17(22)10-26-18(23)15-9-14(21(24)25)7-8-16(15)19/h3-9,11H,10,19H2,1-2H3,(H,20,22). The maximum atomic E-state index is 12.0. The van der Waals surface area contributed by atoms with Crippen molar-refractivity contribution in [2.24, 2.45) is 0 Å². The zero-order chi connectivity index (χ0) is 19.3. The van der Waals surface area contributed by atoms with Crippen LogP contribution in [0.1, 0.15) is 35.7 Å². The number of hydrogen-bond acceptors (Lipinski definition) is 6. The van der Waals surface area contributed by atoms with E-state index in [9.17, 15) is 19.7 Å². The molecule has 0 saturated carbocycles. The number of amides is 1. The van der Waals surface area contributed by atoms with Gasteiger partial charge < -0.3 is 15.8 Å². The molecule has 0 aliphatic rings. The lowest BCUT2D eigenvalue weighted by molar-refractivity contribution is -0.384. The Labute approximate surface area is 150 Å². The van der Waals surface area contributed by atoms with Crippen LogP contribution in [0.15, 0.2) is 42.5 Å². The Bertz CT molecular complexity index is 831. The highest BCUT2D eigenvalue weighted by molar-refractivity contribution is 5.98. The molecule has 0 aliphatic heterocycles. The molecule has 2 aromatic carbocycles. The van der Waals surface area contributed by atoms with Gasteiger partial charge in [0, 0.05) is 23.5 Å². The lowest BCUT2D eigenvalue weighted by atomic mass is 10.0. The first-order chi connectivity index (χ1) is 12.3. The van der Waals surface area contributed by atoms with Gasteiger partial charge in [-0.1, -0.05) is 26.0 Å². The Morgan fingerprint density at radius 2 is 1.85 bits per heavy atom. The number of nitro benzene ring substituents is 1. The van der Waals surface area contributed by atoms with E-state index in [-0.39, 0.29) is 16.9 Å². The molecule has 8 heteroatoms. The summed E-state index contributed by atoms with van der Waals surface area (Å²) in [5.41, 5.74) is 6.93. The number of nitrogens with two attached hydrogens (primary N) is 1. The smallest absolute Gasteiger partial charge is 0.341 e. The fourth-order valence-corrected chi connectivity index (χ4v) is 2.19. The molecule has 0 atom stereocenters. The molecule has 26 heavy (non-hydrogen) atoms. The number of carbonyl (C=O) groups is 2. The Kier molecular flexibility index (Phi) is 5.90. The third-order valence-electron chi connectivity index (χ3n) is 3.66. The third-order valence-corrected chi connectivity index (χ3v) is 3.66. The lowest BCUT2D eigenvalue weighted by Gasteiger charge is -2.09. The second-order valence-corrected chi connectivity index (χ2v) is 5.93. The summed E-state index contributed by atoms with van der Waals surface area (Å²) in [6, 6.07) is 10.7. The van der Waals surface area contributed by atoms with Gasteiger partial charge in [-0.25, -0.2) is 4.79 Å². The fourth-order valence-electron chi connectivity index (χ4n) is 2.19. The molecule has 0 spiro atoms. The van der Waals surface area contributed by atoms with E-state index < -0.39 is 23.4 Å². The summed E-state index contributed by atoms with van der Waals surface area (Å²) in [6.07, 6.45) is 0. The number of esters is 1. The molecule has 0 aliphatic carbocycles. The first-order valence-corrected chi connectivity index (χ1v) is 7.88. The van der Waals surface area contributed by atoms with Crippen LogP contribution in [0.5, 0.6) is 0 Å². The molecule has 0 saturated heterocycles. The van der Waals surface area contributed by atoms with Crippen molar-refractivity contribution in [2.45, 2.75) is 19.8 Å². The molecule has 0 bridgehead atoms. The van der Waals surface area contributed by atoms with Crippen molar-refractivity contribution >= 4 is 28.9 Å². The summed E-state index contributed by atoms with van der Waals surface area (Å²) in [5, 5.41) is 13.4. The minimum atomic E-state index is -0.906. The first kappa shape index (κ1) is 18.9. The molecule has 1 amide bonds. The highest BCUT2D eigenvalue weighted by Gasteiger charge is 2.17. The van der Waals surface area contributed by atoms with Gasteiger partial charge in [0.25, 0.3) is 11.6 Å². The SMILES string of the molecule is CC(C)c1ccc(NC(=O)COC(=O)c2cc([N+](=O)[O-])ccc2N)cc1. The molecule has 8 nitrogen and oxygen atoms in total. The minimum absolute atomic E-state index is 0.0327. The van der Waals surface area contributed by atoms with E-state index in [2.05, 4.69) is 19.2 Å². The zero-order valence-electron chi connectivity index (χ0n) is 14.4. The van der Waals surface area contributed by atoms with Crippen LogP contribution >= 0.6 is 0 Å². The van der Waals surface area contributed by atoms with Crippen molar-refractivity contribution < 1.29 is 19.2 Å². The number of hydrogen-bond donors (Lipinski definition) is 2. The predicted molar refractivity (Wildman–Crippen MR) is 97.0 cm³/mol. The number of nitrogens with zero attached hydrogens (tertiary/aromatic N) is 1. The number of benzene rings is 2. The number of nitro groups is 1. The Morgan fingerprint density at radius 3 is 2.42 bits per heavy atom. The number of nitrogens with one attached hydrogen (secondary N) is 1. The van der Waals surface area contributed by atoms with Crippen molar-refractivity contribution in [2.75, 3.05) is 17.7 Å². The number of nitrogen functional groups attached to an aromatic ring is 1. The highest BCUT2D eigenvalue weighted by atomic mass is 16.6. The Balaban J connectivity index is 1.95. The summed E-state index contributed by atoms with van der Waals surface area (Å²) >= 11 is 0. The Hall–Kier alpha value is -3.42. The second kappa shape index (κ2) is 8.11. The molecular formula is C18H19N3O5. The van der Waals surface area contributed by atoms with Gasteiger partial charge in [0.2, 0.25) is 0 Å². The van der Waals surface area contributed by atoms with Gasteiger partial charge in [-0.15, -0.1) is 0 Å². The van der Waals surface area contributed by atoms with Crippen molar-refractivity contribution in [1.29, 1.82) is 0 Å². The normalized spacial score (nSPS) is 10.4. The van der Waals surface area contributed by atoms with Crippen LogP contribution < -0.4 is 11.1 Å². The molecule has 2 rings (SSSR count). The topological polar surface area (TPSA) is 125 Å². The Morgan fingerprint density at radius 1 is 1.19 bits per heavy atom. The summed E-state index contributed by atoms with van der Waals surface area (Å²) in [6.45, 7) is 3.59. The molecule has 0 heterocycles. The van der Waals surface area contributed by atoms with E-state index in [0.29, 0.717) is 11.6 Å². The summed E-state index contributed by atoms with van der Waals surface area (Å²) in [7, 11) is 0. The van der Waals surface area contributed by atoms with Crippen molar-refractivity contribution in [3.63, 3.8) is 0 Å². The molecule has 0 fully saturated rings. The molecule has 2 aromatic rings. The quantitative estimate of drug-likeness (QED) is 0.354. The van der Waals surface area contributed by atoms with Crippen molar-refractivity contribution in [1.82, 2.24) is 0 Å². The molecule has 136 valence electrons. The predicted octanol–water partition coefficient (Wildman–Crippen LogP) is 3.10. The monoisotopic (exact) mass is 357 g/mol. The van der Waals surface area contributed by atoms with Gasteiger partial charge >= 0.3 is 5.97 Å². The van der Waals surface area contributed by atoms with Crippen molar-refractivity contribution in [3.05, 3.63) is 63.7 Å². The maximum Gasteiger partial charge on any atom is 0.341 e. The molecule has 3 N–H and O–H groups in total. The van der Waals surface area contributed by atoms with Crippen LogP contribution in [0.25, 0.3) is 0 Å².